The lowest BCUT2D eigenvalue weighted by atomic mass is 9.84. The van der Waals surface area contributed by atoms with Crippen molar-refractivity contribution in [3.05, 3.63) is 119 Å². The number of rotatable bonds is 12. The number of allylic oxidation sites excluding steroid dienone is 13. The number of aliphatic imine (C=N–C) groups is 2. The van der Waals surface area contributed by atoms with Crippen LogP contribution in [0.2, 0.25) is 0 Å². The van der Waals surface area contributed by atoms with E-state index in [1.165, 1.54) is 5.57 Å². The van der Waals surface area contributed by atoms with E-state index in [1.807, 2.05) is 52.0 Å². The van der Waals surface area contributed by atoms with Gasteiger partial charge in [0.05, 0.1) is 11.4 Å². The number of carbonyl (C=O) groups is 1. The smallest absolute Gasteiger partial charge is 0.183 e. The molecule has 0 aromatic carbocycles. The van der Waals surface area contributed by atoms with Gasteiger partial charge in [-0.05, 0) is 100 Å². The lowest BCUT2D eigenvalue weighted by Crippen LogP contribution is -2.28. The van der Waals surface area contributed by atoms with E-state index in [2.05, 4.69) is 62.2 Å². The molecule has 2 atom stereocenters. The molecule has 2 rings (SSSR count). The summed E-state index contributed by atoms with van der Waals surface area (Å²) in [6, 6.07) is 0. The third-order valence-electron chi connectivity index (χ3n) is 8.42. The van der Waals surface area contributed by atoms with Crippen LogP contribution in [-0.2, 0) is 4.79 Å². The molecule has 1 N–H and O–H groups in total. The first-order chi connectivity index (χ1) is 20.9. The molecular formula is C39H53N3O2. The summed E-state index contributed by atoms with van der Waals surface area (Å²) in [5.74, 6) is 0.691. The zero-order chi connectivity index (χ0) is 33.0. The molecule has 2 aliphatic heterocycles. The van der Waals surface area contributed by atoms with Crippen molar-refractivity contribution in [2.75, 3.05) is 26.7 Å². The highest BCUT2D eigenvalue weighted by Gasteiger charge is 2.27. The van der Waals surface area contributed by atoms with Crippen LogP contribution in [0.1, 0.15) is 67.2 Å². The summed E-state index contributed by atoms with van der Waals surface area (Å²) in [6.07, 6.45) is 16.7. The number of carbonyl (C=O) groups excluding carboxylic acids is 1. The van der Waals surface area contributed by atoms with Crippen molar-refractivity contribution in [1.82, 2.24) is 4.90 Å². The van der Waals surface area contributed by atoms with Crippen LogP contribution in [-0.4, -0.2) is 54.0 Å². The minimum Gasteiger partial charge on any atom is -0.396 e. The molecule has 1 fully saturated rings. The predicted octanol–water partition coefficient (Wildman–Crippen LogP) is 8.63. The third kappa shape index (κ3) is 10.1. The van der Waals surface area contributed by atoms with Gasteiger partial charge in [-0.1, -0.05) is 74.3 Å². The normalized spacial score (nSPS) is 22.0. The first-order valence-electron chi connectivity index (χ1n) is 15.6. The van der Waals surface area contributed by atoms with E-state index in [9.17, 15) is 9.90 Å². The number of nitrogens with zero attached hydrogens (tertiary/aromatic N) is 3. The highest BCUT2D eigenvalue weighted by Crippen LogP contribution is 2.32. The van der Waals surface area contributed by atoms with Crippen LogP contribution >= 0.6 is 0 Å². The van der Waals surface area contributed by atoms with Gasteiger partial charge < -0.3 is 10.0 Å². The van der Waals surface area contributed by atoms with E-state index in [4.69, 9.17) is 4.99 Å². The SMILES string of the molecule is C=C\C(C)=C/C=C(C)\C(=C/C(=N\C)C1=CC(=O)C(=C)CC(/C(C)=C\C(=C/C)N2CCC(=C)C(CCCO)[C@H](C)C2)=N1)C(=C)C. The zero-order valence-corrected chi connectivity index (χ0v) is 28.2. The fourth-order valence-corrected chi connectivity index (χ4v) is 5.60. The van der Waals surface area contributed by atoms with Gasteiger partial charge in [-0.15, -0.1) is 0 Å². The van der Waals surface area contributed by atoms with Gasteiger partial charge in [-0.25, -0.2) is 0 Å². The van der Waals surface area contributed by atoms with Gasteiger partial charge in [-0.2, -0.15) is 0 Å². The molecule has 0 spiro atoms. The topological polar surface area (TPSA) is 65.3 Å². The maximum atomic E-state index is 13.1. The molecular weight excluding hydrogens is 542 g/mol. The van der Waals surface area contributed by atoms with Crippen molar-refractivity contribution in [3.8, 4) is 0 Å². The Morgan fingerprint density at radius 3 is 2.48 bits per heavy atom. The highest BCUT2D eigenvalue weighted by molar-refractivity contribution is 6.20. The van der Waals surface area contributed by atoms with Gasteiger partial charge in [0.25, 0.3) is 0 Å². The molecule has 1 saturated heterocycles. The Balaban J connectivity index is 2.50. The molecule has 0 amide bonds. The molecule has 0 bridgehead atoms. The number of ketones is 1. The van der Waals surface area contributed by atoms with Gasteiger partial charge >= 0.3 is 0 Å². The van der Waals surface area contributed by atoms with Crippen molar-refractivity contribution >= 4 is 17.2 Å². The van der Waals surface area contributed by atoms with E-state index >= 15 is 0 Å². The van der Waals surface area contributed by atoms with Crippen LogP contribution in [0.3, 0.4) is 0 Å². The van der Waals surface area contributed by atoms with Crippen LogP contribution in [0.4, 0.5) is 0 Å². The summed E-state index contributed by atoms with van der Waals surface area (Å²) in [5, 5.41) is 9.38. The fourth-order valence-electron chi connectivity index (χ4n) is 5.60. The van der Waals surface area contributed by atoms with E-state index in [0.29, 0.717) is 35.2 Å². The van der Waals surface area contributed by atoms with Crippen molar-refractivity contribution in [1.29, 1.82) is 0 Å². The van der Waals surface area contributed by atoms with E-state index in [1.54, 1.807) is 13.1 Å². The Morgan fingerprint density at radius 2 is 1.89 bits per heavy atom. The molecule has 0 radical (unpaired) electrons. The van der Waals surface area contributed by atoms with Gasteiger partial charge in [0.15, 0.2) is 5.78 Å². The van der Waals surface area contributed by atoms with Crippen molar-refractivity contribution < 1.29 is 9.90 Å². The lowest BCUT2D eigenvalue weighted by molar-refractivity contribution is -0.111. The second-order valence-corrected chi connectivity index (χ2v) is 12.0. The number of aliphatic hydroxyl groups is 1. The molecule has 5 nitrogen and oxygen atoms in total. The summed E-state index contributed by atoms with van der Waals surface area (Å²) < 4.78 is 0. The van der Waals surface area contributed by atoms with Crippen molar-refractivity contribution in [2.24, 2.45) is 21.8 Å². The van der Waals surface area contributed by atoms with Crippen LogP contribution in [0.25, 0.3) is 0 Å². The Labute approximate surface area is 266 Å². The second kappa shape index (κ2) is 17.5. The maximum absolute atomic E-state index is 13.1. The summed E-state index contributed by atoms with van der Waals surface area (Å²) in [4.78, 5) is 25.1. The minimum absolute atomic E-state index is 0.144. The zero-order valence-electron chi connectivity index (χ0n) is 28.2. The summed E-state index contributed by atoms with van der Waals surface area (Å²) in [7, 11) is 1.71. The molecule has 5 heteroatoms. The molecule has 0 aromatic heterocycles. The Bertz CT molecular complexity index is 1400. The van der Waals surface area contributed by atoms with Gasteiger partial charge in [0.2, 0.25) is 0 Å². The average molecular weight is 596 g/mol. The van der Waals surface area contributed by atoms with Crippen molar-refractivity contribution in [3.63, 3.8) is 0 Å². The molecule has 236 valence electrons. The van der Waals surface area contributed by atoms with E-state index in [-0.39, 0.29) is 12.4 Å². The standard InChI is InChI=1S/C39H53N3O2/c1-12-27(5)16-17-28(6)35(26(3)4)23-37(40-11)38-24-39(44)31(9)22-36(41-38)30(8)21-33(13-2)42-19-18-29(7)34(15-14-20-43)32(10)25-42/h12-13,16-17,21,23-24,32,34,43H,1,3,7,9,14-15,18-20,22,25H2,2,4-6,8,10-11H3/b27-16-,28-17-,30-21-,33-13+,35-23-,40-37+/t32-,34?/m1/s1. The van der Waals surface area contributed by atoms with E-state index in [0.717, 1.165) is 71.6 Å². The van der Waals surface area contributed by atoms with Crippen LogP contribution in [0.5, 0.6) is 0 Å². The van der Waals surface area contributed by atoms with Crippen LogP contribution < -0.4 is 0 Å². The predicted molar refractivity (Wildman–Crippen MR) is 190 cm³/mol. The number of likely N-dealkylation sites (tertiary alicyclic amines) is 1. The number of hydrogen-bond donors (Lipinski definition) is 1. The molecule has 2 heterocycles. The monoisotopic (exact) mass is 595 g/mol. The van der Waals surface area contributed by atoms with Crippen molar-refractivity contribution in [2.45, 2.75) is 67.2 Å². The molecule has 0 aliphatic carbocycles. The van der Waals surface area contributed by atoms with Crippen LogP contribution in [0, 0.1) is 11.8 Å². The maximum Gasteiger partial charge on any atom is 0.183 e. The minimum atomic E-state index is -0.144. The van der Waals surface area contributed by atoms with Gasteiger partial charge in [0.1, 0.15) is 0 Å². The summed E-state index contributed by atoms with van der Waals surface area (Å²) in [5.41, 5.74) is 9.69. The highest BCUT2D eigenvalue weighted by atomic mass is 16.2. The average Bonchev–Trinajstić information content (AvgIpc) is 3.23. The largest absolute Gasteiger partial charge is 0.396 e. The van der Waals surface area contributed by atoms with Crippen LogP contribution in [0.15, 0.2) is 129 Å². The lowest BCUT2D eigenvalue weighted by Gasteiger charge is -2.28. The molecule has 1 unspecified atom stereocenters. The molecule has 44 heavy (non-hydrogen) atoms. The third-order valence-corrected chi connectivity index (χ3v) is 8.42. The molecule has 0 aromatic rings. The molecule has 0 saturated carbocycles. The Hall–Kier alpha value is -3.83. The fraction of sp³-hybridized carbons (Fsp3) is 0.410. The first-order valence-corrected chi connectivity index (χ1v) is 15.6. The Morgan fingerprint density at radius 1 is 1.18 bits per heavy atom. The first kappa shape index (κ1) is 36.4. The van der Waals surface area contributed by atoms with Gasteiger partial charge in [0, 0.05) is 50.6 Å². The quantitative estimate of drug-likeness (QED) is 0.106. The molecule has 2 aliphatic rings. The van der Waals surface area contributed by atoms with E-state index < -0.39 is 0 Å². The summed E-state index contributed by atoms with van der Waals surface area (Å²) >= 11 is 0. The summed E-state index contributed by atoms with van der Waals surface area (Å²) in [6.45, 7) is 30.9. The van der Waals surface area contributed by atoms with Gasteiger partial charge in [-0.3, -0.25) is 14.8 Å². The number of aliphatic hydroxyl groups excluding tert-OH is 1. The second-order valence-electron chi connectivity index (χ2n) is 12.0. The number of hydrogen-bond acceptors (Lipinski definition) is 5. The Kier molecular flexibility index (Phi) is 14.4.